The molecule has 0 spiro atoms. The molecular weight excluding hydrogens is 312 g/mol. The van der Waals surface area contributed by atoms with E-state index in [9.17, 15) is 9.59 Å². The van der Waals surface area contributed by atoms with Gasteiger partial charge in [-0.25, -0.2) is 4.79 Å². The highest BCUT2D eigenvalue weighted by Crippen LogP contribution is 2.38. The molecule has 0 bridgehead atoms. The van der Waals surface area contributed by atoms with E-state index < -0.39 is 11.8 Å². The van der Waals surface area contributed by atoms with Gasteiger partial charge in [0.2, 0.25) is 11.8 Å². The maximum absolute atomic E-state index is 12.4. The SMILES string of the molecule is CC(C(=O)NCc1noc(C2CC2)n1)n1c(=O)oc2ccccc21. The second kappa shape index (κ2) is 5.63. The molecule has 3 aromatic rings. The van der Waals surface area contributed by atoms with E-state index in [1.807, 2.05) is 0 Å². The number of carbonyl (C=O) groups is 1. The van der Waals surface area contributed by atoms with Crippen molar-refractivity contribution in [3.63, 3.8) is 0 Å². The number of amides is 1. The summed E-state index contributed by atoms with van der Waals surface area (Å²) in [5.41, 5.74) is 1.04. The first-order chi connectivity index (χ1) is 11.6. The summed E-state index contributed by atoms with van der Waals surface area (Å²) in [5.74, 6) is 0.554. The summed E-state index contributed by atoms with van der Waals surface area (Å²) in [5, 5.41) is 6.58. The third kappa shape index (κ3) is 2.60. The second-order valence-electron chi connectivity index (χ2n) is 5.92. The lowest BCUT2D eigenvalue weighted by Crippen LogP contribution is -2.34. The average Bonchev–Trinajstić information content (AvgIpc) is 3.23. The monoisotopic (exact) mass is 328 g/mol. The number of hydrogen-bond acceptors (Lipinski definition) is 6. The Bertz CT molecular complexity index is 950. The summed E-state index contributed by atoms with van der Waals surface area (Å²) in [4.78, 5) is 28.6. The fraction of sp³-hybridized carbons (Fsp3) is 0.375. The van der Waals surface area contributed by atoms with E-state index in [-0.39, 0.29) is 12.5 Å². The first-order valence-corrected chi connectivity index (χ1v) is 7.84. The molecule has 1 N–H and O–H groups in total. The molecule has 8 heteroatoms. The molecular formula is C16H16N4O4. The Morgan fingerprint density at radius 3 is 3.00 bits per heavy atom. The van der Waals surface area contributed by atoms with Gasteiger partial charge in [0.15, 0.2) is 11.4 Å². The normalized spacial score (nSPS) is 15.5. The van der Waals surface area contributed by atoms with Gasteiger partial charge in [-0.3, -0.25) is 9.36 Å². The molecule has 1 amide bonds. The van der Waals surface area contributed by atoms with Crippen LogP contribution in [0, 0.1) is 0 Å². The predicted octanol–water partition coefficient (Wildman–Crippen LogP) is 1.73. The smallest absolute Gasteiger partial charge is 0.408 e. The lowest BCUT2D eigenvalue weighted by Gasteiger charge is -2.12. The van der Waals surface area contributed by atoms with Gasteiger partial charge in [0.25, 0.3) is 0 Å². The van der Waals surface area contributed by atoms with Crippen molar-refractivity contribution in [2.45, 2.75) is 38.3 Å². The van der Waals surface area contributed by atoms with E-state index in [0.717, 1.165) is 12.8 Å². The highest BCUT2D eigenvalue weighted by Gasteiger charge is 2.29. The topological polar surface area (TPSA) is 103 Å². The lowest BCUT2D eigenvalue weighted by atomic mass is 10.2. The van der Waals surface area contributed by atoms with Crippen LogP contribution < -0.4 is 11.1 Å². The largest absolute Gasteiger partial charge is 0.420 e. The van der Waals surface area contributed by atoms with Crippen molar-refractivity contribution in [1.29, 1.82) is 0 Å². The minimum absolute atomic E-state index is 0.157. The molecule has 0 aliphatic heterocycles. The van der Waals surface area contributed by atoms with E-state index in [0.29, 0.717) is 28.7 Å². The molecule has 1 aromatic carbocycles. The molecule has 1 unspecified atom stereocenters. The van der Waals surface area contributed by atoms with Gasteiger partial charge in [-0.05, 0) is 31.9 Å². The average molecular weight is 328 g/mol. The van der Waals surface area contributed by atoms with Crippen LogP contribution in [-0.2, 0) is 11.3 Å². The molecule has 1 aliphatic carbocycles. The summed E-state index contributed by atoms with van der Waals surface area (Å²) in [7, 11) is 0. The molecule has 124 valence electrons. The molecule has 1 atom stereocenters. The highest BCUT2D eigenvalue weighted by atomic mass is 16.5. The third-order valence-corrected chi connectivity index (χ3v) is 4.12. The molecule has 0 radical (unpaired) electrons. The molecule has 8 nitrogen and oxygen atoms in total. The van der Waals surface area contributed by atoms with E-state index in [2.05, 4.69) is 15.5 Å². The molecule has 1 saturated carbocycles. The molecule has 1 fully saturated rings. The van der Waals surface area contributed by atoms with Crippen molar-refractivity contribution in [2.24, 2.45) is 0 Å². The molecule has 0 saturated heterocycles. The Labute approximate surface area is 136 Å². The number of rotatable bonds is 5. The van der Waals surface area contributed by atoms with Gasteiger partial charge >= 0.3 is 5.76 Å². The summed E-state index contributed by atoms with van der Waals surface area (Å²) in [6.45, 7) is 1.80. The van der Waals surface area contributed by atoms with Crippen LogP contribution in [0.5, 0.6) is 0 Å². The summed E-state index contributed by atoms with van der Waals surface area (Å²) < 4.78 is 11.6. The van der Waals surface area contributed by atoms with Crippen molar-refractivity contribution in [3.8, 4) is 0 Å². The first-order valence-electron chi connectivity index (χ1n) is 7.84. The Kier molecular flexibility index (Phi) is 3.44. The van der Waals surface area contributed by atoms with Crippen molar-refractivity contribution in [3.05, 3.63) is 46.5 Å². The number of fused-ring (bicyclic) bond motifs is 1. The van der Waals surface area contributed by atoms with Crippen LogP contribution in [0.2, 0.25) is 0 Å². The van der Waals surface area contributed by atoms with Crippen LogP contribution in [0.1, 0.15) is 43.4 Å². The van der Waals surface area contributed by atoms with Gasteiger partial charge in [-0.15, -0.1) is 0 Å². The summed E-state index contributed by atoms with van der Waals surface area (Å²) in [6.07, 6.45) is 2.14. The summed E-state index contributed by atoms with van der Waals surface area (Å²) >= 11 is 0. The van der Waals surface area contributed by atoms with Gasteiger partial charge in [-0.1, -0.05) is 17.3 Å². The van der Waals surface area contributed by atoms with Crippen LogP contribution in [0.15, 0.2) is 38.0 Å². The van der Waals surface area contributed by atoms with Crippen LogP contribution in [-0.4, -0.2) is 20.6 Å². The van der Waals surface area contributed by atoms with Crippen LogP contribution in [0.25, 0.3) is 11.1 Å². The van der Waals surface area contributed by atoms with Crippen molar-refractivity contribution in [2.75, 3.05) is 0 Å². The van der Waals surface area contributed by atoms with Crippen molar-refractivity contribution >= 4 is 17.0 Å². The van der Waals surface area contributed by atoms with E-state index >= 15 is 0 Å². The Morgan fingerprint density at radius 1 is 1.42 bits per heavy atom. The number of nitrogens with zero attached hydrogens (tertiary/aromatic N) is 3. The molecule has 2 aromatic heterocycles. The lowest BCUT2D eigenvalue weighted by molar-refractivity contribution is -0.124. The van der Waals surface area contributed by atoms with Crippen LogP contribution >= 0.6 is 0 Å². The molecule has 1 aliphatic rings. The maximum atomic E-state index is 12.4. The number of carbonyl (C=O) groups excluding carboxylic acids is 1. The van der Waals surface area contributed by atoms with Gasteiger partial charge in [0, 0.05) is 5.92 Å². The number of hydrogen-bond donors (Lipinski definition) is 1. The fourth-order valence-electron chi connectivity index (χ4n) is 2.62. The van der Waals surface area contributed by atoms with Gasteiger partial charge < -0.3 is 14.3 Å². The first kappa shape index (κ1) is 14.7. The number of aromatic nitrogens is 3. The zero-order chi connectivity index (χ0) is 16.7. The van der Waals surface area contributed by atoms with Crippen LogP contribution in [0.3, 0.4) is 0 Å². The van der Waals surface area contributed by atoms with Crippen molar-refractivity contribution < 1.29 is 13.7 Å². The minimum Gasteiger partial charge on any atom is -0.408 e. The quantitative estimate of drug-likeness (QED) is 0.765. The standard InChI is InChI=1S/C16H16N4O4/c1-9(20-11-4-2-3-5-12(11)23-16(20)22)14(21)17-8-13-18-15(24-19-13)10-6-7-10/h2-5,9-10H,6-8H2,1H3,(H,17,21). The van der Waals surface area contributed by atoms with Gasteiger partial charge in [-0.2, -0.15) is 4.98 Å². The number of para-hydroxylation sites is 2. The molecule has 4 rings (SSSR count). The van der Waals surface area contributed by atoms with Gasteiger partial charge in [0.1, 0.15) is 6.04 Å². The van der Waals surface area contributed by atoms with Gasteiger partial charge in [0.05, 0.1) is 12.1 Å². The van der Waals surface area contributed by atoms with E-state index in [1.165, 1.54) is 4.57 Å². The van der Waals surface area contributed by atoms with E-state index in [4.69, 9.17) is 8.94 Å². The zero-order valence-electron chi connectivity index (χ0n) is 13.1. The molecule has 2 heterocycles. The Hall–Kier alpha value is -2.90. The number of nitrogens with one attached hydrogen (secondary N) is 1. The number of benzene rings is 1. The Morgan fingerprint density at radius 2 is 2.21 bits per heavy atom. The van der Waals surface area contributed by atoms with E-state index in [1.54, 1.807) is 31.2 Å². The summed E-state index contributed by atoms with van der Waals surface area (Å²) in [6, 6.07) is 6.28. The predicted molar refractivity (Wildman–Crippen MR) is 83.3 cm³/mol. The minimum atomic E-state index is -0.712. The third-order valence-electron chi connectivity index (χ3n) is 4.12. The second-order valence-corrected chi connectivity index (χ2v) is 5.92. The van der Waals surface area contributed by atoms with Crippen molar-refractivity contribution in [1.82, 2.24) is 20.0 Å². The zero-order valence-corrected chi connectivity index (χ0v) is 13.1. The Balaban J connectivity index is 1.48. The van der Waals surface area contributed by atoms with Crippen LogP contribution in [0.4, 0.5) is 0 Å². The number of oxazole rings is 1. The maximum Gasteiger partial charge on any atom is 0.420 e. The highest BCUT2D eigenvalue weighted by molar-refractivity contribution is 5.82. The molecule has 24 heavy (non-hydrogen) atoms. The fourth-order valence-corrected chi connectivity index (χ4v) is 2.62.